The van der Waals surface area contributed by atoms with Crippen molar-refractivity contribution in [2.45, 2.75) is 77.4 Å². The van der Waals surface area contributed by atoms with E-state index < -0.39 is 17.6 Å². The average Bonchev–Trinajstić information content (AvgIpc) is 2.95. The second kappa shape index (κ2) is 11.6. The highest BCUT2D eigenvalue weighted by Gasteiger charge is 2.55. The molecule has 4 aliphatic rings. The number of alkyl carbamates (subject to hydrolysis) is 1. The predicted molar refractivity (Wildman–Crippen MR) is 164 cm³/mol. The van der Waals surface area contributed by atoms with Gasteiger partial charge in [-0.1, -0.05) is 30.3 Å². The molecule has 226 valence electrons. The highest BCUT2D eigenvalue weighted by Crippen LogP contribution is 2.60. The fourth-order valence-corrected chi connectivity index (χ4v) is 7.76. The second-order valence-electron chi connectivity index (χ2n) is 13.9. The first-order valence-corrected chi connectivity index (χ1v) is 15.4. The highest BCUT2D eigenvalue weighted by atomic mass is 16.6. The quantitative estimate of drug-likeness (QED) is 0.285. The van der Waals surface area contributed by atoms with Crippen molar-refractivity contribution < 1.29 is 23.9 Å². The van der Waals surface area contributed by atoms with Crippen LogP contribution in [0.5, 0.6) is 0 Å². The zero-order chi connectivity index (χ0) is 30.2. The molecule has 2 amide bonds. The molecule has 43 heavy (non-hydrogen) atoms. The molecule has 4 fully saturated rings. The third kappa shape index (κ3) is 6.68. The molecule has 4 aliphatic carbocycles. The normalized spacial score (nSPS) is 24.8. The number of benzene rings is 2. The monoisotopic (exact) mass is 583 g/mol. The molecule has 0 aliphatic heterocycles. The number of hydrogen-bond donors (Lipinski definition) is 2. The zero-order valence-corrected chi connectivity index (χ0v) is 25.2. The Hall–Kier alpha value is -3.94. The predicted octanol–water partition coefficient (Wildman–Crippen LogP) is 6.74. The summed E-state index contributed by atoms with van der Waals surface area (Å²) in [4.78, 5) is 43.5. The van der Waals surface area contributed by atoms with Crippen LogP contribution in [0.1, 0.15) is 76.3 Å². The number of ether oxygens (including phenoxy) is 2. The summed E-state index contributed by atoms with van der Waals surface area (Å²) in [5.41, 5.74) is 1.31. The van der Waals surface area contributed by atoms with E-state index in [4.69, 9.17) is 9.47 Å². The molecular weight excluding hydrogens is 542 g/mol. The van der Waals surface area contributed by atoms with Gasteiger partial charge in [0.05, 0.1) is 11.3 Å². The van der Waals surface area contributed by atoms with E-state index in [1.54, 1.807) is 33.2 Å². The lowest BCUT2D eigenvalue weighted by molar-refractivity contribution is -0.173. The van der Waals surface area contributed by atoms with Crippen LogP contribution in [0, 0.1) is 23.2 Å². The SMILES string of the molecule is CC(C)(C)OC(=O)NC[C@@H](C(=O)Nc1ccc2cnccc2c1)c1ccc(COC(=O)C23CC4CC(CC(C4)C2)C3)cc1. The molecule has 1 heterocycles. The third-order valence-corrected chi connectivity index (χ3v) is 9.30. The lowest BCUT2D eigenvalue weighted by Gasteiger charge is -2.55. The van der Waals surface area contributed by atoms with Crippen LogP contribution in [-0.4, -0.2) is 35.1 Å². The van der Waals surface area contributed by atoms with E-state index in [9.17, 15) is 14.4 Å². The Balaban J connectivity index is 1.13. The third-order valence-electron chi connectivity index (χ3n) is 9.30. The van der Waals surface area contributed by atoms with E-state index in [0.717, 1.165) is 41.2 Å². The van der Waals surface area contributed by atoms with Crippen molar-refractivity contribution in [3.8, 4) is 0 Å². The van der Waals surface area contributed by atoms with Gasteiger partial charge in [0.15, 0.2) is 0 Å². The van der Waals surface area contributed by atoms with Crippen LogP contribution in [0.15, 0.2) is 60.9 Å². The van der Waals surface area contributed by atoms with Crippen molar-refractivity contribution >= 4 is 34.4 Å². The Kier molecular flexibility index (Phi) is 7.88. The van der Waals surface area contributed by atoms with Gasteiger partial charge in [0.25, 0.3) is 0 Å². The number of anilines is 1. The number of carbonyl (C=O) groups is 3. The van der Waals surface area contributed by atoms with E-state index in [2.05, 4.69) is 15.6 Å². The number of amides is 2. The first-order chi connectivity index (χ1) is 20.5. The molecule has 2 aromatic carbocycles. The Morgan fingerprint density at radius 1 is 0.930 bits per heavy atom. The smallest absolute Gasteiger partial charge is 0.407 e. The van der Waals surface area contributed by atoms with Crippen LogP contribution in [0.25, 0.3) is 10.8 Å². The summed E-state index contributed by atoms with van der Waals surface area (Å²) in [5.74, 6) is 1.07. The number of nitrogens with one attached hydrogen (secondary N) is 2. The van der Waals surface area contributed by atoms with Crippen LogP contribution in [0.2, 0.25) is 0 Å². The summed E-state index contributed by atoms with van der Waals surface area (Å²) in [5, 5.41) is 7.69. The highest BCUT2D eigenvalue weighted by molar-refractivity contribution is 5.98. The fourth-order valence-electron chi connectivity index (χ4n) is 7.76. The van der Waals surface area contributed by atoms with Crippen LogP contribution in [0.4, 0.5) is 10.5 Å². The van der Waals surface area contributed by atoms with Gasteiger partial charge in [0, 0.05) is 30.0 Å². The van der Waals surface area contributed by atoms with E-state index in [1.165, 1.54) is 19.3 Å². The minimum atomic E-state index is -0.677. The Morgan fingerprint density at radius 3 is 2.26 bits per heavy atom. The molecule has 1 aromatic heterocycles. The molecule has 0 saturated heterocycles. The number of nitrogens with zero attached hydrogens (tertiary/aromatic N) is 1. The molecular formula is C35H41N3O5. The second-order valence-corrected chi connectivity index (χ2v) is 13.9. The summed E-state index contributed by atoms with van der Waals surface area (Å²) in [6.45, 7) is 5.64. The molecule has 7 rings (SSSR count). The van der Waals surface area contributed by atoms with Gasteiger partial charge in [-0.25, -0.2) is 4.79 Å². The molecule has 4 saturated carbocycles. The molecule has 2 N–H and O–H groups in total. The van der Waals surface area contributed by atoms with Crippen LogP contribution >= 0.6 is 0 Å². The Bertz CT molecular complexity index is 1470. The van der Waals surface area contributed by atoms with Gasteiger partial charge in [-0.3, -0.25) is 14.6 Å². The fraction of sp³-hybridized carbons (Fsp3) is 0.486. The molecule has 0 unspecified atom stereocenters. The van der Waals surface area contributed by atoms with Crippen molar-refractivity contribution in [2.75, 3.05) is 11.9 Å². The number of pyridine rings is 1. The van der Waals surface area contributed by atoms with Crippen molar-refractivity contribution in [2.24, 2.45) is 23.2 Å². The van der Waals surface area contributed by atoms with Crippen LogP contribution in [-0.2, 0) is 25.7 Å². The molecule has 0 spiro atoms. The molecule has 4 bridgehead atoms. The lowest BCUT2D eigenvalue weighted by atomic mass is 9.49. The van der Waals surface area contributed by atoms with Gasteiger partial charge in [-0.2, -0.15) is 0 Å². The van der Waals surface area contributed by atoms with E-state index >= 15 is 0 Å². The maximum atomic E-state index is 13.6. The minimum Gasteiger partial charge on any atom is -0.460 e. The Morgan fingerprint density at radius 2 is 1.60 bits per heavy atom. The maximum absolute atomic E-state index is 13.6. The molecule has 8 heteroatoms. The van der Waals surface area contributed by atoms with Crippen molar-refractivity contribution in [1.29, 1.82) is 0 Å². The average molecular weight is 584 g/mol. The number of fused-ring (bicyclic) bond motifs is 1. The van der Waals surface area contributed by atoms with E-state index in [0.29, 0.717) is 23.4 Å². The maximum Gasteiger partial charge on any atom is 0.407 e. The number of hydrogen-bond acceptors (Lipinski definition) is 6. The largest absolute Gasteiger partial charge is 0.460 e. The minimum absolute atomic E-state index is 0.0411. The summed E-state index contributed by atoms with van der Waals surface area (Å²) >= 11 is 0. The van der Waals surface area contributed by atoms with Gasteiger partial charge < -0.3 is 20.1 Å². The topological polar surface area (TPSA) is 107 Å². The first-order valence-electron chi connectivity index (χ1n) is 15.4. The lowest BCUT2D eigenvalue weighted by Crippen LogP contribution is -2.50. The summed E-state index contributed by atoms with van der Waals surface area (Å²) in [6.07, 6.45) is 9.68. The molecule has 3 aromatic rings. The summed E-state index contributed by atoms with van der Waals surface area (Å²) in [6, 6.07) is 15.0. The van der Waals surface area contributed by atoms with Gasteiger partial charge in [0.1, 0.15) is 12.2 Å². The van der Waals surface area contributed by atoms with Crippen molar-refractivity contribution in [3.63, 3.8) is 0 Å². The summed E-state index contributed by atoms with van der Waals surface area (Å²) < 4.78 is 11.3. The standard InChI is InChI=1S/C35H41N3O5/c1-34(2,3)43-33(41)37-20-30(31(39)38-29-9-8-28-19-36-11-10-27(28)15-29)26-6-4-22(5-7-26)21-42-32(40)35-16-23-12-24(17-35)14-25(13-23)18-35/h4-11,15,19,23-25,30H,12-14,16-18,20-21H2,1-3H3,(H,37,41)(H,38,39)/t23?,24?,25?,30-,35?/m1/s1. The van der Waals surface area contributed by atoms with E-state index in [1.807, 2.05) is 48.5 Å². The number of carbonyl (C=O) groups excluding carboxylic acids is 3. The van der Waals surface area contributed by atoms with Crippen LogP contribution in [0.3, 0.4) is 0 Å². The van der Waals surface area contributed by atoms with E-state index in [-0.39, 0.29) is 30.4 Å². The molecule has 1 atom stereocenters. The first kappa shape index (κ1) is 29.1. The van der Waals surface area contributed by atoms with Gasteiger partial charge in [-0.15, -0.1) is 0 Å². The van der Waals surface area contributed by atoms with Gasteiger partial charge >= 0.3 is 12.1 Å². The molecule has 8 nitrogen and oxygen atoms in total. The van der Waals surface area contributed by atoms with Crippen molar-refractivity contribution in [1.82, 2.24) is 10.3 Å². The Labute approximate surface area is 252 Å². The zero-order valence-electron chi connectivity index (χ0n) is 25.2. The van der Waals surface area contributed by atoms with Gasteiger partial charge in [-0.05, 0) is 112 Å². The number of esters is 1. The van der Waals surface area contributed by atoms with Crippen LogP contribution < -0.4 is 10.6 Å². The van der Waals surface area contributed by atoms with Crippen molar-refractivity contribution in [3.05, 3.63) is 72.1 Å². The molecule has 0 radical (unpaired) electrons. The number of rotatable bonds is 8. The number of aromatic nitrogens is 1. The summed E-state index contributed by atoms with van der Waals surface area (Å²) in [7, 11) is 0. The van der Waals surface area contributed by atoms with Gasteiger partial charge in [0.2, 0.25) is 5.91 Å².